The van der Waals surface area contributed by atoms with Crippen molar-refractivity contribution in [2.45, 2.75) is 38.1 Å². The second-order valence-corrected chi connectivity index (χ2v) is 4.39. The summed E-state index contributed by atoms with van der Waals surface area (Å²) >= 11 is 0. The zero-order valence-electron chi connectivity index (χ0n) is 8.82. The summed E-state index contributed by atoms with van der Waals surface area (Å²) in [6.45, 7) is 0. The molecule has 0 radical (unpaired) electrons. The van der Waals surface area contributed by atoms with Gasteiger partial charge in [0.2, 0.25) is 0 Å². The maximum absolute atomic E-state index is 12.7. The van der Waals surface area contributed by atoms with Crippen LogP contribution in [0.4, 0.5) is 4.39 Å². The Hall–Kier alpha value is -0.960. The topological polar surface area (TPSA) is 38.9 Å². The average molecular weight is 208 g/mol. The highest BCUT2D eigenvalue weighted by Gasteiger charge is 2.19. The third-order valence-electron chi connectivity index (χ3n) is 3.19. The third kappa shape index (κ3) is 2.75. The SMILES string of the molecule is NC(CC1CCCC1)c1ccc(F)cn1. The highest BCUT2D eigenvalue weighted by Crippen LogP contribution is 2.31. The van der Waals surface area contributed by atoms with Gasteiger partial charge >= 0.3 is 0 Å². The summed E-state index contributed by atoms with van der Waals surface area (Å²) in [5.74, 6) is 0.443. The van der Waals surface area contributed by atoms with Crippen molar-refractivity contribution in [1.82, 2.24) is 4.98 Å². The smallest absolute Gasteiger partial charge is 0.141 e. The van der Waals surface area contributed by atoms with Gasteiger partial charge in [0.25, 0.3) is 0 Å². The zero-order chi connectivity index (χ0) is 10.7. The molecule has 0 amide bonds. The van der Waals surface area contributed by atoms with E-state index < -0.39 is 0 Å². The van der Waals surface area contributed by atoms with Crippen LogP contribution in [-0.2, 0) is 0 Å². The van der Waals surface area contributed by atoms with Crippen LogP contribution in [0.1, 0.15) is 43.8 Å². The lowest BCUT2D eigenvalue weighted by Gasteiger charge is -2.15. The van der Waals surface area contributed by atoms with E-state index in [-0.39, 0.29) is 11.9 Å². The molecule has 1 aliphatic rings. The van der Waals surface area contributed by atoms with E-state index in [9.17, 15) is 4.39 Å². The molecule has 1 aromatic heterocycles. The van der Waals surface area contributed by atoms with E-state index in [2.05, 4.69) is 4.98 Å². The van der Waals surface area contributed by atoms with Gasteiger partial charge in [0.05, 0.1) is 11.9 Å². The first-order valence-electron chi connectivity index (χ1n) is 5.63. The highest BCUT2D eigenvalue weighted by atomic mass is 19.1. The molecule has 2 N–H and O–H groups in total. The Labute approximate surface area is 89.7 Å². The second kappa shape index (κ2) is 4.71. The lowest BCUT2D eigenvalue weighted by atomic mass is 9.97. The number of aromatic nitrogens is 1. The monoisotopic (exact) mass is 208 g/mol. The number of rotatable bonds is 3. The standard InChI is InChI=1S/C12H17FN2/c13-10-5-6-12(15-8-10)11(14)7-9-3-1-2-4-9/h5-6,8-9,11H,1-4,7,14H2. The van der Waals surface area contributed by atoms with Crippen molar-refractivity contribution in [3.63, 3.8) is 0 Å². The number of hydrogen-bond donors (Lipinski definition) is 1. The van der Waals surface area contributed by atoms with Crippen LogP contribution < -0.4 is 5.73 Å². The minimum Gasteiger partial charge on any atom is -0.323 e. The summed E-state index contributed by atoms with van der Waals surface area (Å²) in [6, 6.07) is 3.08. The van der Waals surface area contributed by atoms with Gasteiger partial charge in [0.1, 0.15) is 5.82 Å². The molecule has 1 heterocycles. The second-order valence-electron chi connectivity index (χ2n) is 4.39. The summed E-state index contributed by atoms with van der Waals surface area (Å²) in [5, 5.41) is 0. The number of hydrogen-bond acceptors (Lipinski definition) is 2. The first-order valence-corrected chi connectivity index (χ1v) is 5.63. The molecule has 1 unspecified atom stereocenters. The van der Waals surface area contributed by atoms with Crippen LogP contribution in [-0.4, -0.2) is 4.98 Å². The van der Waals surface area contributed by atoms with E-state index in [0.717, 1.165) is 18.0 Å². The van der Waals surface area contributed by atoms with Crippen LogP contribution in [0.25, 0.3) is 0 Å². The van der Waals surface area contributed by atoms with Gasteiger partial charge in [0, 0.05) is 6.04 Å². The highest BCUT2D eigenvalue weighted by molar-refractivity contribution is 5.09. The fourth-order valence-electron chi connectivity index (χ4n) is 2.33. The van der Waals surface area contributed by atoms with Crippen LogP contribution >= 0.6 is 0 Å². The molecule has 0 spiro atoms. The van der Waals surface area contributed by atoms with Crippen LogP contribution in [0.5, 0.6) is 0 Å². The van der Waals surface area contributed by atoms with Crippen LogP contribution in [0.15, 0.2) is 18.3 Å². The van der Waals surface area contributed by atoms with Crippen LogP contribution in [0, 0.1) is 11.7 Å². The lowest BCUT2D eigenvalue weighted by molar-refractivity contribution is 0.445. The fourth-order valence-corrected chi connectivity index (χ4v) is 2.33. The van der Waals surface area contributed by atoms with E-state index in [0.29, 0.717) is 0 Å². The first-order chi connectivity index (χ1) is 7.25. The van der Waals surface area contributed by atoms with Crippen LogP contribution in [0.2, 0.25) is 0 Å². The van der Waals surface area contributed by atoms with E-state index in [4.69, 9.17) is 5.73 Å². The van der Waals surface area contributed by atoms with Crippen molar-refractivity contribution in [3.05, 3.63) is 29.8 Å². The summed E-state index contributed by atoms with van der Waals surface area (Å²) in [6.07, 6.45) is 7.45. The lowest BCUT2D eigenvalue weighted by Crippen LogP contribution is -2.15. The number of nitrogens with two attached hydrogens (primary N) is 1. The Morgan fingerprint density at radius 2 is 2.13 bits per heavy atom. The molecule has 1 aliphatic carbocycles. The molecule has 1 saturated carbocycles. The Bertz CT molecular complexity index is 304. The Balaban J connectivity index is 1.94. The van der Waals surface area contributed by atoms with Gasteiger partial charge < -0.3 is 5.73 Å². The maximum Gasteiger partial charge on any atom is 0.141 e. The quantitative estimate of drug-likeness (QED) is 0.829. The normalized spacial score (nSPS) is 19.3. The predicted octanol–water partition coefficient (Wildman–Crippen LogP) is 2.80. The molecule has 0 saturated heterocycles. The summed E-state index contributed by atoms with van der Waals surface area (Å²) in [5.41, 5.74) is 6.85. The molecule has 1 aromatic rings. The molecule has 0 aromatic carbocycles. The van der Waals surface area contributed by atoms with Gasteiger partial charge in [-0.15, -0.1) is 0 Å². The predicted molar refractivity (Wildman–Crippen MR) is 57.7 cm³/mol. The molecular formula is C12H17FN2. The molecule has 0 bridgehead atoms. The zero-order valence-corrected chi connectivity index (χ0v) is 8.82. The van der Waals surface area contributed by atoms with Gasteiger partial charge in [-0.25, -0.2) is 4.39 Å². The molecule has 2 nitrogen and oxygen atoms in total. The van der Waals surface area contributed by atoms with Crippen LogP contribution in [0.3, 0.4) is 0 Å². The largest absolute Gasteiger partial charge is 0.323 e. The van der Waals surface area contributed by atoms with Crippen molar-refractivity contribution >= 4 is 0 Å². The average Bonchev–Trinajstić information content (AvgIpc) is 2.71. The molecular weight excluding hydrogens is 191 g/mol. The molecule has 82 valence electrons. The summed E-state index contributed by atoms with van der Waals surface area (Å²) < 4.78 is 12.7. The van der Waals surface area contributed by atoms with Crippen molar-refractivity contribution in [1.29, 1.82) is 0 Å². The molecule has 2 rings (SSSR count). The molecule has 1 fully saturated rings. The van der Waals surface area contributed by atoms with E-state index in [1.165, 1.54) is 37.9 Å². The number of nitrogens with zero attached hydrogens (tertiary/aromatic N) is 1. The number of halogens is 1. The maximum atomic E-state index is 12.7. The minimum absolute atomic E-state index is 0.0336. The van der Waals surface area contributed by atoms with Gasteiger partial charge in [-0.2, -0.15) is 0 Å². The molecule has 3 heteroatoms. The van der Waals surface area contributed by atoms with E-state index in [1.807, 2.05) is 0 Å². The Morgan fingerprint density at radius 1 is 1.40 bits per heavy atom. The first kappa shape index (κ1) is 10.6. The number of pyridine rings is 1. The third-order valence-corrected chi connectivity index (χ3v) is 3.19. The summed E-state index contributed by atoms with van der Waals surface area (Å²) in [4.78, 5) is 4.02. The van der Waals surface area contributed by atoms with Crippen molar-refractivity contribution in [2.24, 2.45) is 11.7 Å². The fraction of sp³-hybridized carbons (Fsp3) is 0.583. The summed E-state index contributed by atoms with van der Waals surface area (Å²) in [7, 11) is 0. The van der Waals surface area contributed by atoms with E-state index >= 15 is 0 Å². The van der Waals surface area contributed by atoms with Gasteiger partial charge in [-0.05, 0) is 24.5 Å². The van der Waals surface area contributed by atoms with Gasteiger partial charge in [0.15, 0.2) is 0 Å². The Morgan fingerprint density at radius 3 is 2.73 bits per heavy atom. The van der Waals surface area contributed by atoms with Crippen molar-refractivity contribution < 1.29 is 4.39 Å². The Kier molecular flexibility index (Phi) is 3.31. The molecule has 0 aliphatic heterocycles. The van der Waals surface area contributed by atoms with Gasteiger partial charge in [-0.1, -0.05) is 25.7 Å². The van der Waals surface area contributed by atoms with Crippen molar-refractivity contribution in [2.75, 3.05) is 0 Å². The minimum atomic E-state index is -0.299. The van der Waals surface area contributed by atoms with E-state index in [1.54, 1.807) is 6.07 Å². The molecule has 1 atom stereocenters. The van der Waals surface area contributed by atoms with Gasteiger partial charge in [-0.3, -0.25) is 4.98 Å². The van der Waals surface area contributed by atoms with Crippen molar-refractivity contribution in [3.8, 4) is 0 Å². The molecule has 15 heavy (non-hydrogen) atoms.